The molecule has 0 saturated carbocycles. The van der Waals surface area contributed by atoms with E-state index in [2.05, 4.69) is 11.5 Å². The second-order valence-corrected chi connectivity index (χ2v) is 3.97. The molecule has 0 aliphatic heterocycles. The molecule has 0 bridgehead atoms. The fourth-order valence-corrected chi connectivity index (χ4v) is 1.24. The van der Waals surface area contributed by atoms with Crippen LogP contribution in [0.4, 0.5) is 55.3 Å². The van der Waals surface area contributed by atoms with Crippen LogP contribution in [-0.4, -0.2) is 0 Å². The molecule has 0 heterocycles. The molecule has 0 saturated heterocycles. The Balaban J connectivity index is -0.000000384. The molecule has 0 aromatic heterocycles. The van der Waals surface area contributed by atoms with Crippen molar-refractivity contribution in [1.29, 1.82) is 0 Å². The fraction of sp³-hybridized carbons (Fsp3) is 0. The molecule has 2 aromatic carbocycles. The summed E-state index contributed by atoms with van der Waals surface area (Å²) in [5.41, 5.74) is 6.37. The van der Waals surface area contributed by atoms with E-state index in [1.165, 1.54) is 0 Å². The van der Waals surface area contributed by atoms with Crippen LogP contribution in [0, 0.1) is 58.2 Å². The second-order valence-electron chi connectivity index (χ2n) is 3.97. The Morgan fingerprint density at radius 2 is 0.444 bits per heavy atom. The molecule has 4 N–H and O–H groups in total. The first-order valence-electron chi connectivity index (χ1n) is 5.47. The van der Waals surface area contributed by atoms with Gasteiger partial charge < -0.3 is 45.4 Å². The number of benzene rings is 2. The Labute approximate surface area is 179 Å². The minimum absolute atomic E-state index is 0. The zero-order valence-electron chi connectivity index (χ0n) is 12.0. The molecule has 2 nitrogen and oxygen atoms in total. The molecule has 0 aliphatic carbocycles. The molecule has 27 heavy (non-hydrogen) atoms. The summed E-state index contributed by atoms with van der Waals surface area (Å²) in [6, 6.07) is 0. The van der Waals surface area contributed by atoms with E-state index in [1.54, 1.807) is 0 Å². The molecule has 0 aliphatic rings. The summed E-state index contributed by atoms with van der Waals surface area (Å²) < 4.78 is 122. The largest absolute Gasteiger partial charge is 2.00 e. The summed E-state index contributed by atoms with van der Waals surface area (Å²) in [7, 11) is 0. The van der Waals surface area contributed by atoms with Crippen molar-refractivity contribution in [3.05, 3.63) is 58.2 Å². The summed E-state index contributed by atoms with van der Waals surface area (Å²) in [4.78, 5) is 0. The van der Waals surface area contributed by atoms with Crippen molar-refractivity contribution in [2.45, 2.75) is 0 Å². The molecule has 0 radical (unpaired) electrons. The third-order valence-electron chi connectivity index (χ3n) is 2.49. The maximum Gasteiger partial charge on any atom is 2.00 e. The predicted octanol–water partition coefficient (Wildman–Crippen LogP) is -2.07. The number of nitrogens with two attached hydrogens (primary N) is 2. The minimum atomic E-state index is -2.21. The quantitative estimate of drug-likeness (QED) is 0.143. The van der Waals surface area contributed by atoms with E-state index in [1.807, 2.05) is 0 Å². The van der Waals surface area contributed by atoms with E-state index in [9.17, 15) is 43.9 Å². The maximum absolute atomic E-state index is 12.3. The third kappa shape index (κ3) is 5.98. The van der Waals surface area contributed by atoms with Crippen LogP contribution < -0.4 is 45.4 Å². The van der Waals surface area contributed by atoms with Crippen LogP contribution in [-0.2, 0) is 21.1 Å². The van der Waals surface area contributed by atoms with E-state index >= 15 is 0 Å². The van der Waals surface area contributed by atoms with Crippen molar-refractivity contribution < 1.29 is 98.9 Å². The second kappa shape index (κ2) is 11.7. The number of nitrogen functional groups attached to an aromatic ring is 2. The molecule has 15 heteroatoms. The Bertz CT molecular complexity index is 544. The van der Waals surface area contributed by atoms with Crippen molar-refractivity contribution >= 4 is 11.4 Å². The average molecular weight is 721 g/mol. The van der Waals surface area contributed by atoms with Crippen molar-refractivity contribution in [3.63, 3.8) is 0 Å². The van der Waals surface area contributed by atoms with Crippen LogP contribution in [0.1, 0.15) is 0 Å². The number of halogens is 12. The van der Waals surface area contributed by atoms with Crippen LogP contribution in [0.3, 0.4) is 0 Å². The summed E-state index contributed by atoms with van der Waals surface area (Å²) in [5, 5.41) is 0. The Hall–Kier alpha value is -1.01. The fourth-order valence-electron chi connectivity index (χ4n) is 1.24. The van der Waals surface area contributed by atoms with Gasteiger partial charge in [-0.25, -0.2) is 43.9 Å². The molecule has 156 valence electrons. The molecule has 0 spiro atoms. The minimum Gasteiger partial charge on any atom is -1.00 e. The van der Waals surface area contributed by atoms with Crippen LogP contribution in [0.5, 0.6) is 0 Å². The monoisotopic (exact) mass is 719 g/mol. The number of anilines is 2. The first-order valence-corrected chi connectivity index (χ1v) is 5.47. The van der Waals surface area contributed by atoms with Gasteiger partial charge >= 0.3 is 21.1 Å². The van der Waals surface area contributed by atoms with Gasteiger partial charge in [0.05, 0.1) is 0 Å². The smallest absolute Gasteiger partial charge is 1.00 e. The molecule has 0 atom stereocenters. The maximum atomic E-state index is 12.3. The summed E-state index contributed by atoms with van der Waals surface area (Å²) >= 11 is 0. The molecular formula is C12H4Br2F10N2Pt. The van der Waals surface area contributed by atoms with Crippen LogP contribution in [0.15, 0.2) is 0 Å². The zero-order valence-corrected chi connectivity index (χ0v) is 17.5. The summed E-state index contributed by atoms with van der Waals surface area (Å²) in [6.45, 7) is 0. The van der Waals surface area contributed by atoms with E-state index in [0.717, 1.165) is 0 Å². The molecule has 0 amide bonds. The molecule has 2 aromatic rings. The van der Waals surface area contributed by atoms with Gasteiger partial charge in [0.2, 0.25) is 11.6 Å². The van der Waals surface area contributed by atoms with Crippen molar-refractivity contribution in [2.24, 2.45) is 0 Å². The topological polar surface area (TPSA) is 52.0 Å². The van der Waals surface area contributed by atoms with Gasteiger partial charge in [-0.3, -0.25) is 0 Å². The van der Waals surface area contributed by atoms with Gasteiger partial charge in [-0.05, 0) is 0 Å². The first kappa shape index (κ1) is 30.7. The van der Waals surface area contributed by atoms with Crippen molar-refractivity contribution in [1.82, 2.24) is 0 Å². The molecule has 0 unspecified atom stereocenters. The Kier molecular flexibility index (Phi) is 13.4. The van der Waals surface area contributed by atoms with Crippen LogP contribution in [0.25, 0.3) is 0 Å². The summed E-state index contributed by atoms with van der Waals surface area (Å²) in [5.74, 6) is -20.6. The Morgan fingerprint density at radius 3 is 0.593 bits per heavy atom. The van der Waals surface area contributed by atoms with Gasteiger partial charge in [-0.15, -0.1) is 0 Å². The van der Waals surface area contributed by atoms with E-state index in [4.69, 9.17) is 0 Å². The molecular weight excluding hydrogens is 717 g/mol. The SMILES string of the molecule is Nc1c(F)c(F)c(F)c(F)c1F.Nc1c(F)c(F)c(F)c(F)c1F.[Br-].[Br-].[Pt+2]. The van der Waals surface area contributed by atoms with Gasteiger partial charge in [0.15, 0.2) is 46.5 Å². The zero-order chi connectivity index (χ0) is 18.9. The van der Waals surface area contributed by atoms with Gasteiger partial charge in [0, 0.05) is 0 Å². The van der Waals surface area contributed by atoms with Crippen molar-refractivity contribution in [2.75, 3.05) is 11.5 Å². The number of rotatable bonds is 0. The molecule has 0 fully saturated rings. The van der Waals surface area contributed by atoms with Gasteiger partial charge in [-0.2, -0.15) is 0 Å². The first-order chi connectivity index (χ1) is 10.9. The third-order valence-corrected chi connectivity index (χ3v) is 2.49. The van der Waals surface area contributed by atoms with Gasteiger partial charge in [0.25, 0.3) is 0 Å². The normalized spacial score (nSPS) is 9.26. The predicted molar refractivity (Wildman–Crippen MR) is 61.3 cm³/mol. The van der Waals surface area contributed by atoms with E-state index in [0.29, 0.717) is 0 Å². The molecule has 2 rings (SSSR count). The van der Waals surface area contributed by atoms with Crippen LogP contribution in [0.2, 0.25) is 0 Å². The standard InChI is InChI=1S/2C6H2F5N.2BrH.Pt/c2*7-1-2(8)4(10)6(12)5(11)3(1)9;;;/h2*12H2;2*1H;/q;;;;+2/p-2. The number of hydrogen-bond donors (Lipinski definition) is 2. The summed E-state index contributed by atoms with van der Waals surface area (Å²) in [6.07, 6.45) is 0. The number of hydrogen-bond acceptors (Lipinski definition) is 2. The van der Waals surface area contributed by atoms with E-state index < -0.39 is 69.5 Å². The Morgan fingerprint density at radius 1 is 0.333 bits per heavy atom. The van der Waals surface area contributed by atoms with Crippen LogP contribution >= 0.6 is 0 Å². The van der Waals surface area contributed by atoms with Crippen molar-refractivity contribution in [3.8, 4) is 0 Å². The average Bonchev–Trinajstić information content (AvgIpc) is 2.58. The van der Waals surface area contributed by atoms with Gasteiger partial charge in [-0.1, -0.05) is 0 Å². The van der Waals surface area contributed by atoms with Gasteiger partial charge in [0.1, 0.15) is 11.4 Å². The van der Waals surface area contributed by atoms with E-state index in [-0.39, 0.29) is 55.0 Å².